The highest BCUT2D eigenvalue weighted by atomic mass is 16.8. The molecule has 1 saturated heterocycles. The lowest BCUT2D eigenvalue weighted by atomic mass is 10.0. The van der Waals surface area contributed by atoms with E-state index >= 15 is 0 Å². The number of hydrogen-bond donors (Lipinski definition) is 2. The Bertz CT molecular complexity index is 178. The van der Waals surface area contributed by atoms with Gasteiger partial charge in [-0.3, -0.25) is 4.79 Å². The predicted molar refractivity (Wildman–Crippen MR) is 48.2 cm³/mol. The zero-order valence-electron chi connectivity index (χ0n) is 8.12. The number of nitrogens with zero attached hydrogens (tertiary/aromatic N) is 1. The quantitative estimate of drug-likeness (QED) is 0.633. The SMILES string of the molecule is CC(C)C(C(N)=O)N1CCCNO1. The second-order valence-electron chi connectivity index (χ2n) is 3.57. The summed E-state index contributed by atoms with van der Waals surface area (Å²) in [5, 5.41) is 1.62. The highest BCUT2D eigenvalue weighted by Gasteiger charge is 2.29. The topological polar surface area (TPSA) is 67.6 Å². The molecular weight excluding hydrogens is 170 g/mol. The van der Waals surface area contributed by atoms with Crippen molar-refractivity contribution >= 4 is 5.91 Å². The first-order chi connectivity index (χ1) is 6.13. The molecule has 0 aliphatic carbocycles. The van der Waals surface area contributed by atoms with Crippen LogP contribution in [-0.4, -0.2) is 30.1 Å². The van der Waals surface area contributed by atoms with Crippen LogP contribution >= 0.6 is 0 Å². The van der Waals surface area contributed by atoms with E-state index in [-0.39, 0.29) is 17.9 Å². The molecule has 0 spiro atoms. The van der Waals surface area contributed by atoms with Gasteiger partial charge in [0.1, 0.15) is 6.04 Å². The van der Waals surface area contributed by atoms with E-state index in [1.807, 2.05) is 13.8 Å². The first-order valence-electron chi connectivity index (χ1n) is 4.58. The van der Waals surface area contributed by atoms with Gasteiger partial charge in [-0.2, -0.15) is 10.5 Å². The number of rotatable bonds is 3. The maximum atomic E-state index is 11.1. The smallest absolute Gasteiger partial charge is 0.237 e. The van der Waals surface area contributed by atoms with Crippen LogP contribution in [0.5, 0.6) is 0 Å². The Morgan fingerprint density at radius 3 is 2.69 bits per heavy atom. The van der Waals surface area contributed by atoms with Gasteiger partial charge in [0.25, 0.3) is 0 Å². The van der Waals surface area contributed by atoms with Crippen molar-refractivity contribution in [3.63, 3.8) is 0 Å². The summed E-state index contributed by atoms with van der Waals surface area (Å²) < 4.78 is 0. The minimum Gasteiger partial charge on any atom is -0.368 e. The van der Waals surface area contributed by atoms with E-state index in [9.17, 15) is 4.79 Å². The van der Waals surface area contributed by atoms with E-state index in [0.29, 0.717) is 0 Å². The van der Waals surface area contributed by atoms with Crippen LogP contribution in [-0.2, 0) is 9.73 Å². The molecule has 1 unspecified atom stereocenters. The zero-order chi connectivity index (χ0) is 9.84. The van der Waals surface area contributed by atoms with Crippen molar-refractivity contribution in [1.29, 1.82) is 0 Å². The summed E-state index contributed by atoms with van der Waals surface area (Å²) in [7, 11) is 0. The normalized spacial score (nSPS) is 21.8. The minimum atomic E-state index is -0.340. The van der Waals surface area contributed by atoms with Crippen molar-refractivity contribution in [3.05, 3.63) is 0 Å². The summed E-state index contributed by atoms with van der Waals surface area (Å²) in [6.45, 7) is 5.47. The van der Waals surface area contributed by atoms with Crippen molar-refractivity contribution in [3.8, 4) is 0 Å². The van der Waals surface area contributed by atoms with Gasteiger partial charge < -0.3 is 5.73 Å². The fourth-order valence-electron chi connectivity index (χ4n) is 1.48. The Kier molecular flexibility index (Phi) is 3.65. The third kappa shape index (κ3) is 2.65. The number of amides is 1. The fraction of sp³-hybridized carbons (Fsp3) is 0.875. The molecule has 1 amide bonds. The van der Waals surface area contributed by atoms with Gasteiger partial charge in [0.05, 0.1) is 0 Å². The second-order valence-corrected chi connectivity index (χ2v) is 3.57. The molecule has 76 valence electrons. The van der Waals surface area contributed by atoms with Crippen LogP contribution in [0.15, 0.2) is 0 Å². The van der Waals surface area contributed by atoms with Crippen molar-refractivity contribution in [2.45, 2.75) is 26.3 Å². The zero-order valence-corrected chi connectivity index (χ0v) is 8.12. The van der Waals surface area contributed by atoms with Crippen LogP contribution in [0, 0.1) is 5.92 Å². The maximum absolute atomic E-state index is 11.1. The molecular formula is C8H17N3O2. The molecule has 0 aromatic carbocycles. The number of nitrogens with one attached hydrogen (secondary N) is 1. The van der Waals surface area contributed by atoms with Crippen LogP contribution in [0.1, 0.15) is 20.3 Å². The summed E-state index contributed by atoms with van der Waals surface area (Å²) in [5.74, 6) is -0.170. The Hall–Kier alpha value is -0.650. The first kappa shape index (κ1) is 10.4. The molecule has 13 heavy (non-hydrogen) atoms. The average molecular weight is 187 g/mol. The van der Waals surface area contributed by atoms with Gasteiger partial charge >= 0.3 is 0 Å². The van der Waals surface area contributed by atoms with Gasteiger partial charge in [0.15, 0.2) is 0 Å². The van der Waals surface area contributed by atoms with Gasteiger partial charge in [-0.05, 0) is 12.3 Å². The molecule has 0 aromatic rings. The largest absolute Gasteiger partial charge is 0.368 e. The molecule has 1 aliphatic heterocycles. The van der Waals surface area contributed by atoms with E-state index in [1.165, 1.54) is 0 Å². The molecule has 0 bridgehead atoms. The lowest BCUT2D eigenvalue weighted by molar-refractivity contribution is -0.254. The Balaban J connectivity index is 2.57. The highest BCUT2D eigenvalue weighted by Crippen LogP contribution is 2.12. The van der Waals surface area contributed by atoms with Gasteiger partial charge in [-0.1, -0.05) is 13.8 Å². The van der Waals surface area contributed by atoms with Crippen molar-refractivity contribution in [1.82, 2.24) is 10.5 Å². The summed E-state index contributed by atoms with van der Waals surface area (Å²) >= 11 is 0. The van der Waals surface area contributed by atoms with Gasteiger partial charge in [-0.25, -0.2) is 4.94 Å². The molecule has 1 atom stereocenters. The number of carbonyl (C=O) groups is 1. The van der Waals surface area contributed by atoms with E-state index in [4.69, 9.17) is 10.7 Å². The molecule has 1 fully saturated rings. The summed E-state index contributed by atoms with van der Waals surface area (Å²) in [4.78, 5) is 16.3. The average Bonchev–Trinajstić information content (AvgIpc) is 2.04. The lowest BCUT2D eigenvalue weighted by Crippen LogP contribution is -2.52. The fourth-order valence-corrected chi connectivity index (χ4v) is 1.48. The number of carbonyl (C=O) groups excluding carboxylic acids is 1. The van der Waals surface area contributed by atoms with Gasteiger partial charge in [-0.15, -0.1) is 0 Å². The molecule has 1 aliphatic rings. The predicted octanol–water partition coefficient (Wildman–Crippen LogP) is -0.362. The van der Waals surface area contributed by atoms with Crippen LogP contribution < -0.4 is 11.2 Å². The van der Waals surface area contributed by atoms with E-state index in [2.05, 4.69) is 5.48 Å². The molecule has 5 heteroatoms. The van der Waals surface area contributed by atoms with Crippen molar-refractivity contribution < 1.29 is 9.73 Å². The molecule has 5 nitrogen and oxygen atoms in total. The van der Waals surface area contributed by atoms with Gasteiger partial charge in [0.2, 0.25) is 5.91 Å². The van der Waals surface area contributed by atoms with E-state index in [0.717, 1.165) is 19.5 Å². The highest BCUT2D eigenvalue weighted by molar-refractivity contribution is 5.79. The molecule has 1 rings (SSSR count). The molecule has 0 radical (unpaired) electrons. The molecule has 0 aromatic heterocycles. The van der Waals surface area contributed by atoms with Gasteiger partial charge in [0, 0.05) is 13.1 Å². The van der Waals surface area contributed by atoms with E-state index < -0.39 is 0 Å². The van der Waals surface area contributed by atoms with Crippen LogP contribution in [0.3, 0.4) is 0 Å². The standard InChI is InChI=1S/C8H17N3O2/c1-6(2)7(8(9)12)11-5-3-4-10-13-11/h6-7,10H,3-5H2,1-2H3,(H2,9,12). The summed E-state index contributed by atoms with van der Waals surface area (Å²) in [6, 6.07) is -0.340. The lowest BCUT2D eigenvalue weighted by Gasteiger charge is -2.33. The number of primary amides is 1. The monoisotopic (exact) mass is 187 g/mol. The number of nitrogens with two attached hydrogens (primary N) is 1. The first-order valence-corrected chi connectivity index (χ1v) is 4.58. The maximum Gasteiger partial charge on any atom is 0.237 e. The Morgan fingerprint density at radius 2 is 2.31 bits per heavy atom. The van der Waals surface area contributed by atoms with E-state index in [1.54, 1.807) is 5.06 Å². The van der Waals surface area contributed by atoms with Crippen LogP contribution in [0.2, 0.25) is 0 Å². The van der Waals surface area contributed by atoms with Crippen LogP contribution in [0.25, 0.3) is 0 Å². The number of hydroxylamine groups is 3. The van der Waals surface area contributed by atoms with Crippen LogP contribution in [0.4, 0.5) is 0 Å². The van der Waals surface area contributed by atoms with Crippen molar-refractivity contribution in [2.75, 3.05) is 13.1 Å². The summed E-state index contributed by atoms with van der Waals surface area (Å²) in [5.41, 5.74) is 8.02. The number of hydrogen-bond acceptors (Lipinski definition) is 4. The Labute approximate surface area is 78.1 Å². The Morgan fingerprint density at radius 1 is 1.62 bits per heavy atom. The van der Waals surface area contributed by atoms with Crippen molar-refractivity contribution in [2.24, 2.45) is 11.7 Å². The second kappa shape index (κ2) is 4.55. The summed E-state index contributed by atoms with van der Waals surface area (Å²) in [6.07, 6.45) is 0.969. The molecule has 1 heterocycles. The molecule has 3 N–H and O–H groups in total. The third-order valence-electron chi connectivity index (χ3n) is 2.07. The minimum absolute atomic E-state index is 0.164. The molecule has 0 saturated carbocycles. The third-order valence-corrected chi connectivity index (χ3v) is 2.07.